The van der Waals surface area contributed by atoms with Gasteiger partial charge in [-0.3, -0.25) is 19.6 Å². The van der Waals surface area contributed by atoms with Gasteiger partial charge in [-0.1, -0.05) is 46.4 Å². The summed E-state index contributed by atoms with van der Waals surface area (Å²) in [5.41, 5.74) is 5.96. The number of aryl methyl sites for hydroxylation is 1. The Labute approximate surface area is 387 Å². The van der Waals surface area contributed by atoms with E-state index >= 15 is 0 Å². The molecule has 65 heavy (non-hydrogen) atoms. The largest absolute Gasteiger partial charge is 0.462 e. The molecule has 354 valence electrons. The quantitative estimate of drug-likeness (QED) is 0.134. The first-order chi connectivity index (χ1) is 30.9. The van der Waals surface area contributed by atoms with E-state index < -0.39 is 41.0 Å². The lowest BCUT2D eigenvalue weighted by Gasteiger charge is -2.40. The van der Waals surface area contributed by atoms with Crippen LogP contribution in [0, 0.1) is 11.3 Å². The fourth-order valence-electron chi connectivity index (χ4n) is 9.28. The Kier molecular flexibility index (Phi) is 15.8. The molecule has 0 aliphatic carbocycles. The number of methoxy groups -OCH3 is 1. The third-order valence-electron chi connectivity index (χ3n) is 12.8. The first-order valence-electron chi connectivity index (χ1n) is 22.8. The number of hydrogen-bond donors (Lipinski definition) is 3. The average Bonchev–Trinajstić information content (AvgIpc) is 3.78. The van der Waals surface area contributed by atoms with E-state index in [2.05, 4.69) is 45.8 Å². The van der Waals surface area contributed by atoms with Gasteiger partial charge in [0, 0.05) is 98.8 Å². The standard InChI is InChI=1S/C48H69N9O7S/c1-12-33(40(49-13-2)31(6)63-11)42-35-27-47(7,8)29-64-45(60)48(62)19-15-22-57(52-48)44(59)36(26-39-50-37(28-65-39)32-17-18-38(34(35)25-32)56(42)14-3)51-43(58)41(30(4)5)54(10)46(61)55-21-16-20-53(9)23-24-55/h12-13,17-18,25,28,30-31,36,41,52,62H,1,14-16,19-24,26-27,29H2,2-11H3,(H,51,58)/b40-33+,49-13-/t31-,36-,41-,48-/m0/s1. The van der Waals surface area contributed by atoms with Crippen LogP contribution in [0.1, 0.15) is 84.0 Å². The second-order valence-electron chi connectivity index (χ2n) is 18.7. The molecular formula is C48H69N9O7S. The number of rotatable bonds is 10. The van der Waals surface area contributed by atoms with Crippen LogP contribution in [0.5, 0.6) is 0 Å². The summed E-state index contributed by atoms with van der Waals surface area (Å²) >= 11 is 1.37. The monoisotopic (exact) mass is 916 g/mol. The van der Waals surface area contributed by atoms with E-state index in [1.54, 1.807) is 25.3 Å². The van der Waals surface area contributed by atoms with Crippen molar-refractivity contribution in [1.29, 1.82) is 0 Å². The van der Waals surface area contributed by atoms with Crippen molar-refractivity contribution in [2.45, 2.75) is 111 Å². The normalized spacial score (nSPS) is 22.6. The number of aromatic nitrogens is 2. The van der Waals surface area contributed by atoms with Gasteiger partial charge in [0.1, 0.15) is 12.1 Å². The molecule has 6 rings (SSSR count). The van der Waals surface area contributed by atoms with Crippen molar-refractivity contribution in [3.8, 4) is 11.3 Å². The first kappa shape index (κ1) is 49.5. The molecule has 3 aliphatic heterocycles. The molecule has 1 aromatic carbocycles. The molecule has 16 nitrogen and oxygen atoms in total. The molecule has 3 aliphatic rings. The average molecular weight is 916 g/mol. The number of hydrazine groups is 1. The number of allylic oxidation sites excluding steroid dienone is 2. The zero-order valence-electron chi connectivity index (χ0n) is 39.9. The highest BCUT2D eigenvalue weighted by molar-refractivity contribution is 7.10. The molecule has 3 aromatic rings. The molecule has 0 radical (unpaired) electrons. The number of likely N-dealkylation sites (N-methyl/N-ethyl adjacent to an activating group) is 2. The number of urea groups is 1. The number of carbonyl (C=O) groups is 4. The van der Waals surface area contributed by atoms with Gasteiger partial charge in [0.2, 0.25) is 11.6 Å². The SMILES string of the molecule is C=C/C(=C(\N=C/C)[C@H](C)OC)c1c2c3cc(ccc3n1CC)-c1csc(n1)C[C@H](NC(=O)[C@H](C(C)C)N(C)C(=O)N1CCCN(C)CC1)C(=O)N1CCC[C@@](O)(N1)C(=O)OCC(C)(C)C2. The van der Waals surface area contributed by atoms with Crippen LogP contribution in [0.2, 0.25) is 0 Å². The number of aliphatic hydroxyl groups is 1. The number of nitrogens with zero attached hydrogens (tertiary/aromatic N) is 7. The molecule has 2 aromatic heterocycles. The zero-order chi connectivity index (χ0) is 47.4. The Morgan fingerprint density at radius 2 is 1.92 bits per heavy atom. The Bertz CT molecular complexity index is 2320. The molecule has 4 atom stereocenters. The molecule has 6 bridgehead atoms. The molecule has 5 heterocycles. The molecule has 4 amide bonds. The van der Waals surface area contributed by atoms with Crippen LogP contribution in [-0.4, -0.2) is 149 Å². The topological polar surface area (TPSA) is 174 Å². The van der Waals surface area contributed by atoms with Gasteiger partial charge in [-0.15, -0.1) is 11.3 Å². The molecule has 0 saturated carbocycles. The van der Waals surface area contributed by atoms with Crippen LogP contribution >= 0.6 is 11.3 Å². The Morgan fingerprint density at radius 1 is 1.17 bits per heavy atom. The minimum Gasteiger partial charge on any atom is -0.462 e. The molecule has 17 heteroatoms. The number of carbonyl (C=O) groups excluding carboxylic acids is 4. The Hall–Kier alpha value is -4.94. The smallest absolute Gasteiger partial charge is 0.355 e. The second kappa shape index (κ2) is 20.7. The summed E-state index contributed by atoms with van der Waals surface area (Å²) < 4.78 is 14.0. The van der Waals surface area contributed by atoms with Crippen molar-refractivity contribution in [2.75, 3.05) is 60.5 Å². The summed E-state index contributed by atoms with van der Waals surface area (Å²) in [5.74, 6) is -2.27. The fraction of sp³-hybridized carbons (Fsp3) is 0.583. The summed E-state index contributed by atoms with van der Waals surface area (Å²) in [6.07, 6.45) is 4.81. The van der Waals surface area contributed by atoms with Crippen LogP contribution in [-0.2, 0) is 43.2 Å². The number of esters is 1. The molecular weight excluding hydrogens is 847 g/mol. The lowest BCUT2D eigenvalue weighted by molar-refractivity contribution is -0.189. The summed E-state index contributed by atoms with van der Waals surface area (Å²) in [6.45, 7) is 21.4. The number of benzene rings is 1. The number of aliphatic imine (C=N–C) groups is 1. The van der Waals surface area contributed by atoms with E-state index in [1.807, 2.05) is 66.1 Å². The maximum atomic E-state index is 14.6. The van der Waals surface area contributed by atoms with Crippen LogP contribution < -0.4 is 10.7 Å². The van der Waals surface area contributed by atoms with Crippen molar-refractivity contribution in [1.82, 2.24) is 40.0 Å². The van der Waals surface area contributed by atoms with Crippen molar-refractivity contribution in [3.05, 3.63) is 58.2 Å². The minimum absolute atomic E-state index is 0.000336. The number of hydrogen-bond acceptors (Lipinski definition) is 12. The summed E-state index contributed by atoms with van der Waals surface area (Å²) in [6, 6.07) is 3.93. The van der Waals surface area contributed by atoms with Crippen LogP contribution in [0.15, 0.2) is 46.9 Å². The van der Waals surface area contributed by atoms with E-state index in [4.69, 9.17) is 19.5 Å². The lowest BCUT2D eigenvalue weighted by atomic mass is 9.84. The zero-order valence-corrected chi connectivity index (χ0v) is 40.7. The van der Waals surface area contributed by atoms with Gasteiger partial charge in [-0.2, -0.15) is 5.43 Å². The van der Waals surface area contributed by atoms with Crippen LogP contribution in [0.25, 0.3) is 27.7 Å². The van der Waals surface area contributed by atoms with Crippen molar-refractivity contribution in [3.63, 3.8) is 0 Å². The maximum Gasteiger partial charge on any atom is 0.355 e. The maximum absolute atomic E-state index is 14.6. The van der Waals surface area contributed by atoms with Gasteiger partial charge in [0.05, 0.1) is 34.8 Å². The van der Waals surface area contributed by atoms with Crippen LogP contribution in [0.4, 0.5) is 4.79 Å². The van der Waals surface area contributed by atoms with Crippen molar-refractivity contribution >= 4 is 57.8 Å². The minimum atomic E-state index is -2.22. The van der Waals surface area contributed by atoms with Gasteiger partial charge in [0.25, 0.3) is 5.91 Å². The number of ether oxygens (including phenoxy) is 2. The predicted octanol–water partition coefficient (Wildman–Crippen LogP) is 5.49. The van der Waals surface area contributed by atoms with E-state index in [1.165, 1.54) is 21.2 Å². The molecule has 3 N–H and O–H groups in total. The van der Waals surface area contributed by atoms with Gasteiger partial charge in [-0.05, 0) is 77.2 Å². The highest BCUT2D eigenvalue weighted by atomic mass is 32.1. The highest BCUT2D eigenvalue weighted by Gasteiger charge is 2.46. The van der Waals surface area contributed by atoms with Crippen molar-refractivity contribution in [2.24, 2.45) is 16.3 Å². The predicted molar refractivity (Wildman–Crippen MR) is 255 cm³/mol. The number of thiazole rings is 1. The van der Waals surface area contributed by atoms with Gasteiger partial charge < -0.3 is 39.2 Å². The molecule has 2 fully saturated rings. The molecule has 2 saturated heterocycles. The van der Waals surface area contributed by atoms with E-state index in [0.29, 0.717) is 36.8 Å². The van der Waals surface area contributed by atoms with E-state index in [9.17, 15) is 24.3 Å². The van der Waals surface area contributed by atoms with Crippen molar-refractivity contribution < 1.29 is 33.8 Å². The summed E-state index contributed by atoms with van der Waals surface area (Å²) in [4.78, 5) is 72.2. The van der Waals surface area contributed by atoms with Crippen LogP contribution in [0.3, 0.4) is 0 Å². The number of cyclic esters (lactones) is 1. The Balaban J connectivity index is 1.45. The summed E-state index contributed by atoms with van der Waals surface area (Å²) in [7, 11) is 5.31. The fourth-order valence-corrected chi connectivity index (χ4v) is 10.1. The summed E-state index contributed by atoms with van der Waals surface area (Å²) in [5, 5.41) is 19.6. The highest BCUT2D eigenvalue weighted by Crippen LogP contribution is 2.40. The molecule has 0 unspecified atom stereocenters. The van der Waals surface area contributed by atoms with Gasteiger partial charge in [-0.25, -0.2) is 14.6 Å². The van der Waals surface area contributed by atoms with Gasteiger partial charge >= 0.3 is 12.0 Å². The van der Waals surface area contributed by atoms with E-state index in [0.717, 1.165) is 58.5 Å². The second-order valence-corrected chi connectivity index (χ2v) is 19.6. The first-order valence-corrected chi connectivity index (χ1v) is 23.7. The number of fused-ring (bicyclic) bond motifs is 6. The van der Waals surface area contributed by atoms with E-state index in [-0.39, 0.29) is 50.5 Å². The number of amides is 4. The third-order valence-corrected chi connectivity index (χ3v) is 13.6. The Morgan fingerprint density at radius 3 is 2.60 bits per heavy atom. The third kappa shape index (κ3) is 10.7. The molecule has 0 spiro atoms. The number of nitrogens with one attached hydrogen (secondary N) is 2. The van der Waals surface area contributed by atoms with Gasteiger partial charge in [0.15, 0.2) is 0 Å². The lowest BCUT2D eigenvalue weighted by Crippen LogP contribution is -2.67.